The van der Waals surface area contributed by atoms with E-state index in [9.17, 15) is 33.9 Å². The van der Waals surface area contributed by atoms with E-state index in [-0.39, 0.29) is 25.2 Å². The fourth-order valence-corrected chi connectivity index (χ4v) is 3.72. The molecule has 0 aliphatic rings. The molecule has 41 heavy (non-hydrogen) atoms. The Hall–Kier alpha value is -3.73. The van der Waals surface area contributed by atoms with Crippen LogP contribution in [0, 0.1) is 0 Å². The Kier molecular flexibility index (Phi) is 19.2. The van der Waals surface area contributed by atoms with E-state index >= 15 is 0 Å². The Labute approximate surface area is 243 Å². The van der Waals surface area contributed by atoms with E-state index in [1.54, 1.807) is 0 Å². The first-order valence-electron chi connectivity index (χ1n) is 13.1. The van der Waals surface area contributed by atoms with Gasteiger partial charge in [0.25, 0.3) is 0 Å². The maximum absolute atomic E-state index is 12.0. The van der Waals surface area contributed by atoms with Gasteiger partial charge in [-0.15, -0.1) is 0 Å². The predicted molar refractivity (Wildman–Crippen MR) is 150 cm³/mol. The van der Waals surface area contributed by atoms with Crippen molar-refractivity contribution in [3.05, 3.63) is 11.9 Å². The molecule has 0 heterocycles. The van der Waals surface area contributed by atoms with Gasteiger partial charge in [0.2, 0.25) is 5.91 Å². The van der Waals surface area contributed by atoms with Crippen LogP contribution >= 0.6 is 12.6 Å². The summed E-state index contributed by atoms with van der Waals surface area (Å²) in [7, 11) is 0. The molecule has 16 nitrogen and oxygen atoms in total. The number of rotatable bonds is 23. The molecular formula is C24H42N6O10S. The number of thiol groups is 1. The van der Waals surface area contributed by atoms with Crippen molar-refractivity contribution in [2.24, 2.45) is 11.6 Å². The molecule has 0 bridgehead atoms. The van der Waals surface area contributed by atoms with Crippen LogP contribution in [0.25, 0.3) is 0 Å². The van der Waals surface area contributed by atoms with E-state index in [0.29, 0.717) is 44.5 Å². The molecule has 0 aliphatic carbocycles. The minimum Gasteiger partial charge on any atom is -0.481 e. The first kappa shape index (κ1) is 37.3. The van der Waals surface area contributed by atoms with Crippen LogP contribution in [0.15, 0.2) is 11.9 Å². The summed E-state index contributed by atoms with van der Waals surface area (Å²) in [4.78, 5) is 68.0. The van der Waals surface area contributed by atoms with E-state index in [1.807, 2.05) is 0 Å². The third kappa shape index (κ3) is 19.9. The zero-order chi connectivity index (χ0) is 31.4. The molecule has 0 fully saturated rings. The van der Waals surface area contributed by atoms with Gasteiger partial charge in [-0.2, -0.15) is 12.6 Å². The quantitative estimate of drug-likeness (QED) is 0.0319. The number of carbonyl (C=O) groups is 6. The van der Waals surface area contributed by atoms with Gasteiger partial charge in [-0.05, 0) is 38.5 Å². The van der Waals surface area contributed by atoms with Crippen molar-refractivity contribution in [3.63, 3.8) is 0 Å². The molecule has 0 aromatic carbocycles. The summed E-state index contributed by atoms with van der Waals surface area (Å²) < 4.78 is 0. The summed E-state index contributed by atoms with van der Waals surface area (Å²) in [5.41, 5.74) is 6.06. The van der Waals surface area contributed by atoms with Crippen LogP contribution in [-0.4, -0.2) is 91.7 Å². The van der Waals surface area contributed by atoms with Gasteiger partial charge in [-0.1, -0.05) is 12.8 Å². The Morgan fingerprint density at radius 2 is 1.37 bits per heavy atom. The number of amides is 3. The second-order valence-electron chi connectivity index (χ2n) is 9.34. The van der Waals surface area contributed by atoms with Gasteiger partial charge in [0.1, 0.15) is 17.3 Å². The molecule has 3 amide bonds. The summed E-state index contributed by atoms with van der Waals surface area (Å²) in [6.45, 7) is 0.828. The molecule has 3 unspecified atom stereocenters. The summed E-state index contributed by atoms with van der Waals surface area (Å²) in [5.74, 6) is 0.624. The Bertz CT molecular complexity index is 919. The Morgan fingerprint density at radius 3 is 1.93 bits per heavy atom. The van der Waals surface area contributed by atoms with Crippen LogP contribution in [0.3, 0.4) is 0 Å². The van der Waals surface area contributed by atoms with Crippen LogP contribution in [0.4, 0.5) is 4.79 Å². The third-order valence-electron chi connectivity index (χ3n) is 5.71. The van der Waals surface area contributed by atoms with Crippen molar-refractivity contribution < 1.29 is 49.2 Å². The van der Waals surface area contributed by atoms with Crippen LogP contribution in [-0.2, 0) is 24.0 Å². The average molecular weight is 607 g/mol. The topological polar surface area (TPSA) is 275 Å². The fourth-order valence-electron chi connectivity index (χ4n) is 3.50. The molecular weight excluding hydrogens is 564 g/mol. The highest BCUT2D eigenvalue weighted by molar-refractivity contribution is 7.81. The Balaban J connectivity index is 4.11. The molecule has 0 rings (SSSR count). The molecule has 0 radical (unpaired) electrons. The number of hydrazine groups is 1. The zero-order valence-corrected chi connectivity index (χ0v) is 23.7. The van der Waals surface area contributed by atoms with Crippen LogP contribution in [0.1, 0.15) is 70.6 Å². The molecule has 0 aliphatic heterocycles. The highest BCUT2D eigenvalue weighted by Gasteiger charge is 2.24. The Morgan fingerprint density at radius 1 is 0.780 bits per heavy atom. The van der Waals surface area contributed by atoms with Crippen molar-refractivity contribution in [1.29, 1.82) is 0 Å². The lowest BCUT2D eigenvalue weighted by Gasteiger charge is -2.18. The normalized spacial score (nSPS) is 13.4. The van der Waals surface area contributed by atoms with Gasteiger partial charge in [0, 0.05) is 44.2 Å². The lowest BCUT2D eigenvalue weighted by molar-refractivity contribution is -0.141. The fraction of sp³-hybridized carbons (Fsp3) is 0.667. The number of carbonyl (C=O) groups excluding carboxylic acids is 2. The van der Waals surface area contributed by atoms with Crippen molar-refractivity contribution in [1.82, 2.24) is 21.0 Å². The van der Waals surface area contributed by atoms with Crippen molar-refractivity contribution in [2.75, 3.05) is 13.1 Å². The average Bonchev–Trinajstić information content (AvgIpc) is 2.86. The number of urea groups is 1. The van der Waals surface area contributed by atoms with Gasteiger partial charge < -0.3 is 47.1 Å². The minimum absolute atomic E-state index is 0.0409. The monoisotopic (exact) mass is 606 g/mol. The van der Waals surface area contributed by atoms with Crippen LogP contribution < -0.4 is 27.5 Å². The van der Waals surface area contributed by atoms with E-state index in [4.69, 9.17) is 26.9 Å². The van der Waals surface area contributed by atoms with Gasteiger partial charge in [-0.3, -0.25) is 14.4 Å². The van der Waals surface area contributed by atoms with Gasteiger partial charge >= 0.3 is 29.9 Å². The van der Waals surface area contributed by atoms with E-state index in [2.05, 4.69) is 28.6 Å². The smallest absolute Gasteiger partial charge is 0.326 e. The number of hydrogen-bond donors (Lipinski definition) is 10. The molecule has 17 heteroatoms. The lowest BCUT2D eigenvalue weighted by Crippen LogP contribution is -2.51. The maximum atomic E-state index is 12.0. The number of carboxylic acids is 4. The largest absolute Gasteiger partial charge is 0.481 e. The van der Waals surface area contributed by atoms with E-state index in [1.165, 1.54) is 11.2 Å². The standard InChI is InChI=1S/C24H42N6O10S/c25-15(13-18(41)23(38)39)14-30(26)12-6-2-1-3-8-19(31)27-11-5-4-7-16(21(34)35)28-24(40)29-17(22(36)37)9-10-20(32)33/h14,16-18,41H,1-13,25-26H2,(H,27,31)(H,32,33)(H,34,35)(H,36,37)(H,38,39)(H2,28,29,40)/b15-14-. The first-order valence-corrected chi connectivity index (χ1v) is 13.6. The highest BCUT2D eigenvalue weighted by Crippen LogP contribution is 2.08. The number of unbranched alkanes of at least 4 members (excludes halogenated alkanes) is 4. The third-order valence-corrected chi connectivity index (χ3v) is 6.11. The maximum Gasteiger partial charge on any atom is 0.326 e. The molecule has 3 atom stereocenters. The van der Waals surface area contributed by atoms with E-state index < -0.39 is 53.7 Å². The summed E-state index contributed by atoms with van der Waals surface area (Å²) in [6.07, 6.45) is 4.92. The number of hydrogen-bond acceptors (Lipinski definition) is 10. The van der Waals surface area contributed by atoms with Crippen molar-refractivity contribution in [3.8, 4) is 0 Å². The minimum atomic E-state index is -1.48. The van der Waals surface area contributed by atoms with Gasteiger partial charge in [0.15, 0.2) is 0 Å². The molecule has 234 valence electrons. The van der Waals surface area contributed by atoms with Crippen molar-refractivity contribution in [2.45, 2.75) is 88.0 Å². The summed E-state index contributed by atoms with van der Waals surface area (Å²) in [6, 6.07) is -3.81. The number of carboxylic acid groups (broad SMARTS) is 4. The lowest BCUT2D eigenvalue weighted by atomic mass is 10.1. The first-order chi connectivity index (χ1) is 19.2. The number of nitrogens with one attached hydrogen (secondary N) is 3. The number of nitrogens with two attached hydrogens (primary N) is 2. The molecule has 0 aromatic heterocycles. The highest BCUT2D eigenvalue weighted by atomic mass is 32.1. The van der Waals surface area contributed by atoms with Gasteiger partial charge in [-0.25, -0.2) is 20.2 Å². The predicted octanol–water partition coefficient (Wildman–Crippen LogP) is 0.0427. The van der Waals surface area contributed by atoms with E-state index in [0.717, 1.165) is 19.3 Å². The van der Waals surface area contributed by atoms with Crippen LogP contribution in [0.2, 0.25) is 0 Å². The summed E-state index contributed by atoms with van der Waals surface area (Å²) in [5, 5.41) is 43.4. The van der Waals surface area contributed by atoms with Gasteiger partial charge in [0.05, 0.1) is 0 Å². The van der Waals surface area contributed by atoms with Crippen LogP contribution in [0.5, 0.6) is 0 Å². The number of allylic oxidation sites excluding steroid dienone is 1. The number of aliphatic carboxylic acids is 4. The molecule has 0 aromatic rings. The molecule has 0 saturated heterocycles. The number of nitrogens with zero attached hydrogens (tertiary/aromatic N) is 1. The summed E-state index contributed by atoms with van der Waals surface area (Å²) >= 11 is 3.92. The molecule has 0 spiro atoms. The zero-order valence-electron chi connectivity index (χ0n) is 22.8. The second kappa shape index (κ2) is 21.1. The van der Waals surface area contributed by atoms with Crippen molar-refractivity contribution >= 4 is 48.4 Å². The SMILES string of the molecule is N/C(=C\N(N)CCCCCCC(=O)NCCCCC(NC(=O)NC(CCC(=O)O)C(=O)O)C(=O)O)CC(S)C(=O)O. The second-order valence-corrected chi connectivity index (χ2v) is 9.97. The molecule has 11 N–H and O–H groups in total. The molecule has 0 saturated carbocycles.